The summed E-state index contributed by atoms with van der Waals surface area (Å²) >= 11 is 0. The standard InChI is InChI=1S/C11H13NO2/c1-3-12-7-9-8(11(12)13)5-4-6-10(9)14-2/h4-6H,3,7H2,1-2H3. The van der Waals surface area contributed by atoms with Crippen LogP contribution in [0.3, 0.4) is 0 Å². The van der Waals surface area contributed by atoms with Crippen LogP contribution < -0.4 is 4.74 Å². The van der Waals surface area contributed by atoms with Gasteiger partial charge >= 0.3 is 0 Å². The maximum atomic E-state index is 11.8. The van der Waals surface area contributed by atoms with E-state index < -0.39 is 0 Å². The van der Waals surface area contributed by atoms with Crippen molar-refractivity contribution in [1.82, 2.24) is 4.90 Å². The second kappa shape index (κ2) is 3.33. The SMILES string of the molecule is CCN1Cc2c(OC)cccc2C1=O. The van der Waals surface area contributed by atoms with E-state index in [4.69, 9.17) is 4.74 Å². The van der Waals surface area contributed by atoms with E-state index in [0.29, 0.717) is 6.54 Å². The fourth-order valence-corrected chi connectivity index (χ4v) is 1.81. The number of rotatable bonds is 2. The molecule has 0 radical (unpaired) electrons. The molecule has 1 aliphatic heterocycles. The third-order valence-corrected chi connectivity index (χ3v) is 2.60. The van der Waals surface area contributed by atoms with E-state index in [-0.39, 0.29) is 5.91 Å². The van der Waals surface area contributed by atoms with Gasteiger partial charge in [-0.25, -0.2) is 0 Å². The Bertz CT molecular complexity index is 374. The van der Waals surface area contributed by atoms with Crippen LogP contribution in [0.5, 0.6) is 5.75 Å². The number of fused-ring (bicyclic) bond motifs is 1. The molecule has 1 heterocycles. The fourth-order valence-electron chi connectivity index (χ4n) is 1.81. The first kappa shape index (κ1) is 9.06. The molecule has 0 saturated heterocycles. The number of ether oxygens (including phenoxy) is 1. The Morgan fingerprint density at radius 1 is 1.50 bits per heavy atom. The quantitative estimate of drug-likeness (QED) is 0.711. The van der Waals surface area contributed by atoms with Crippen molar-refractivity contribution in [3.05, 3.63) is 29.3 Å². The second-order valence-electron chi connectivity index (χ2n) is 3.31. The van der Waals surface area contributed by atoms with E-state index >= 15 is 0 Å². The van der Waals surface area contributed by atoms with E-state index in [1.165, 1.54) is 0 Å². The summed E-state index contributed by atoms with van der Waals surface area (Å²) in [5.74, 6) is 0.924. The Morgan fingerprint density at radius 2 is 2.29 bits per heavy atom. The molecule has 14 heavy (non-hydrogen) atoms. The van der Waals surface area contributed by atoms with Crippen LogP contribution in [0.15, 0.2) is 18.2 Å². The molecule has 1 aromatic rings. The third-order valence-electron chi connectivity index (χ3n) is 2.60. The molecule has 0 atom stereocenters. The largest absolute Gasteiger partial charge is 0.496 e. The maximum Gasteiger partial charge on any atom is 0.254 e. The van der Waals surface area contributed by atoms with Crippen molar-refractivity contribution in [2.75, 3.05) is 13.7 Å². The van der Waals surface area contributed by atoms with E-state index in [2.05, 4.69) is 0 Å². The van der Waals surface area contributed by atoms with Gasteiger partial charge in [0.05, 0.1) is 13.7 Å². The van der Waals surface area contributed by atoms with E-state index in [9.17, 15) is 4.79 Å². The van der Waals surface area contributed by atoms with Gasteiger partial charge in [0, 0.05) is 17.7 Å². The molecule has 0 unspecified atom stereocenters. The average Bonchev–Trinajstić information content (AvgIpc) is 2.55. The van der Waals surface area contributed by atoms with Gasteiger partial charge in [0.25, 0.3) is 5.91 Å². The normalized spacial score (nSPS) is 14.4. The summed E-state index contributed by atoms with van der Waals surface area (Å²) in [6, 6.07) is 5.61. The third kappa shape index (κ3) is 1.16. The maximum absolute atomic E-state index is 11.8. The molecule has 3 heteroatoms. The summed E-state index contributed by atoms with van der Waals surface area (Å²) in [7, 11) is 1.63. The molecule has 3 nitrogen and oxygen atoms in total. The molecular formula is C11H13NO2. The lowest BCUT2D eigenvalue weighted by molar-refractivity contribution is 0.0787. The van der Waals surface area contributed by atoms with Crippen molar-refractivity contribution >= 4 is 5.91 Å². The number of carbonyl (C=O) groups excluding carboxylic acids is 1. The molecule has 74 valence electrons. The fraction of sp³-hybridized carbons (Fsp3) is 0.364. The lowest BCUT2D eigenvalue weighted by atomic mass is 10.1. The van der Waals surface area contributed by atoms with Crippen LogP contribution in [0.1, 0.15) is 22.8 Å². The summed E-state index contributed by atoms with van der Waals surface area (Å²) in [6.07, 6.45) is 0. The number of amides is 1. The molecule has 0 fully saturated rings. The van der Waals surface area contributed by atoms with Gasteiger partial charge in [-0.3, -0.25) is 4.79 Å². The zero-order valence-corrected chi connectivity index (χ0v) is 8.41. The van der Waals surface area contributed by atoms with Crippen molar-refractivity contribution in [2.45, 2.75) is 13.5 Å². The van der Waals surface area contributed by atoms with Crippen LogP contribution >= 0.6 is 0 Å². The minimum Gasteiger partial charge on any atom is -0.496 e. The average molecular weight is 191 g/mol. The Labute approximate surface area is 83.3 Å². The Hall–Kier alpha value is -1.51. The Kier molecular flexibility index (Phi) is 2.15. The molecule has 0 N–H and O–H groups in total. The zero-order valence-electron chi connectivity index (χ0n) is 8.41. The van der Waals surface area contributed by atoms with Crippen molar-refractivity contribution in [3.63, 3.8) is 0 Å². The number of methoxy groups -OCH3 is 1. The van der Waals surface area contributed by atoms with Gasteiger partial charge in [-0.2, -0.15) is 0 Å². The highest BCUT2D eigenvalue weighted by atomic mass is 16.5. The molecule has 1 amide bonds. The molecule has 0 spiro atoms. The highest BCUT2D eigenvalue weighted by Gasteiger charge is 2.28. The monoisotopic (exact) mass is 191 g/mol. The van der Waals surface area contributed by atoms with Crippen LogP contribution in [0.4, 0.5) is 0 Å². The lowest BCUT2D eigenvalue weighted by Crippen LogP contribution is -2.22. The van der Waals surface area contributed by atoms with Gasteiger partial charge in [-0.1, -0.05) is 6.07 Å². The lowest BCUT2D eigenvalue weighted by Gasteiger charge is -2.11. The second-order valence-corrected chi connectivity index (χ2v) is 3.31. The van der Waals surface area contributed by atoms with Crippen LogP contribution in [0.25, 0.3) is 0 Å². The van der Waals surface area contributed by atoms with Gasteiger partial charge in [-0.05, 0) is 19.1 Å². The molecule has 0 aromatic heterocycles. The van der Waals surface area contributed by atoms with E-state index in [0.717, 1.165) is 23.4 Å². The number of benzene rings is 1. The molecule has 0 bridgehead atoms. The molecule has 1 aliphatic rings. The Morgan fingerprint density at radius 3 is 2.93 bits per heavy atom. The first-order valence-corrected chi connectivity index (χ1v) is 4.73. The highest BCUT2D eigenvalue weighted by Crippen LogP contribution is 2.30. The van der Waals surface area contributed by atoms with Crippen molar-refractivity contribution < 1.29 is 9.53 Å². The van der Waals surface area contributed by atoms with Crippen molar-refractivity contribution in [2.24, 2.45) is 0 Å². The number of nitrogens with zero attached hydrogens (tertiary/aromatic N) is 1. The molecule has 0 aliphatic carbocycles. The van der Waals surface area contributed by atoms with Crippen LogP contribution in [-0.4, -0.2) is 24.5 Å². The van der Waals surface area contributed by atoms with Crippen molar-refractivity contribution in [3.8, 4) is 5.75 Å². The van der Waals surface area contributed by atoms with Gasteiger partial charge in [0.15, 0.2) is 0 Å². The van der Waals surface area contributed by atoms with Crippen LogP contribution in [0, 0.1) is 0 Å². The zero-order chi connectivity index (χ0) is 10.1. The summed E-state index contributed by atoms with van der Waals surface area (Å²) < 4.78 is 5.22. The first-order valence-electron chi connectivity index (χ1n) is 4.73. The smallest absolute Gasteiger partial charge is 0.254 e. The summed E-state index contributed by atoms with van der Waals surface area (Å²) in [5, 5.41) is 0. The summed E-state index contributed by atoms with van der Waals surface area (Å²) in [5.41, 5.74) is 1.80. The molecule has 2 rings (SSSR count). The van der Waals surface area contributed by atoms with Crippen LogP contribution in [-0.2, 0) is 6.54 Å². The predicted molar refractivity (Wildman–Crippen MR) is 53.4 cm³/mol. The van der Waals surface area contributed by atoms with E-state index in [1.807, 2.05) is 30.0 Å². The molecule has 0 saturated carbocycles. The molecular weight excluding hydrogens is 178 g/mol. The highest BCUT2D eigenvalue weighted by molar-refractivity contribution is 5.99. The first-order chi connectivity index (χ1) is 6.77. The topological polar surface area (TPSA) is 29.5 Å². The van der Waals surface area contributed by atoms with Gasteiger partial charge < -0.3 is 9.64 Å². The number of hydrogen-bond acceptors (Lipinski definition) is 2. The van der Waals surface area contributed by atoms with E-state index in [1.54, 1.807) is 7.11 Å². The van der Waals surface area contributed by atoms with Gasteiger partial charge in [0.1, 0.15) is 5.75 Å². The minimum absolute atomic E-state index is 0.112. The Balaban J connectivity index is 2.47. The summed E-state index contributed by atoms with van der Waals surface area (Å²) in [4.78, 5) is 13.6. The van der Waals surface area contributed by atoms with Crippen LogP contribution in [0.2, 0.25) is 0 Å². The van der Waals surface area contributed by atoms with Crippen molar-refractivity contribution in [1.29, 1.82) is 0 Å². The predicted octanol–water partition coefficient (Wildman–Crippen LogP) is 1.67. The number of hydrogen-bond donors (Lipinski definition) is 0. The minimum atomic E-state index is 0.112. The van der Waals surface area contributed by atoms with Gasteiger partial charge in [0.2, 0.25) is 0 Å². The summed E-state index contributed by atoms with van der Waals surface area (Å²) in [6.45, 7) is 3.40. The number of carbonyl (C=O) groups is 1. The van der Waals surface area contributed by atoms with Gasteiger partial charge in [-0.15, -0.1) is 0 Å². The molecule has 1 aromatic carbocycles.